The summed E-state index contributed by atoms with van der Waals surface area (Å²) in [6.45, 7) is 1.22. The molecule has 1 aromatic carbocycles. The predicted octanol–water partition coefficient (Wildman–Crippen LogP) is 1.18. The van der Waals surface area contributed by atoms with E-state index < -0.39 is 0 Å². The largest absolute Gasteiger partial charge is 0.493 e. The number of nitrogens with zero attached hydrogens (tertiary/aromatic N) is 2. The molecule has 4 unspecified atom stereocenters. The number of carbonyl (C=O) groups excluding carboxylic acids is 2. The molecule has 0 spiro atoms. The number of allylic oxidation sites excluding steroid dienone is 2. The Morgan fingerprint density at radius 1 is 1.00 bits per heavy atom. The van der Waals surface area contributed by atoms with Gasteiger partial charge in [0, 0.05) is 26.7 Å². The van der Waals surface area contributed by atoms with Crippen molar-refractivity contribution in [1.29, 1.82) is 0 Å². The zero-order valence-electron chi connectivity index (χ0n) is 18.9. The van der Waals surface area contributed by atoms with E-state index in [-0.39, 0.29) is 35.5 Å². The summed E-state index contributed by atoms with van der Waals surface area (Å²) < 4.78 is 16.1. The number of likely N-dealkylation sites (tertiary alicyclic amines) is 1. The summed E-state index contributed by atoms with van der Waals surface area (Å²) in [5, 5.41) is 6.41. The van der Waals surface area contributed by atoms with E-state index in [1.807, 2.05) is 12.1 Å². The summed E-state index contributed by atoms with van der Waals surface area (Å²) in [6.07, 6.45) is 5.15. The number of ether oxygens (including phenoxy) is 3. The average Bonchev–Trinajstić information content (AvgIpc) is 3.50. The van der Waals surface area contributed by atoms with Gasteiger partial charge in [0.25, 0.3) is 0 Å². The lowest BCUT2D eigenvalue weighted by molar-refractivity contribution is -0.140. The van der Waals surface area contributed by atoms with Crippen LogP contribution in [0, 0.1) is 23.7 Å². The smallest absolute Gasteiger partial charge is 0.233 e. The van der Waals surface area contributed by atoms with E-state index >= 15 is 0 Å². The van der Waals surface area contributed by atoms with E-state index in [0.717, 1.165) is 12.0 Å². The first-order valence-corrected chi connectivity index (χ1v) is 10.8. The summed E-state index contributed by atoms with van der Waals surface area (Å²) in [4.78, 5) is 31.2. The van der Waals surface area contributed by atoms with Crippen LogP contribution in [0.25, 0.3) is 0 Å². The van der Waals surface area contributed by atoms with Gasteiger partial charge in [0.2, 0.25) is 17.6 Å². The highest BCUT2D eigenvalue weighted by Crippen LogP contribution is 2.52. The van der Waals surface area contributed by atoms with Crippen LogP contribution in [-0.4, -0.2) is 64.1 Å². The summed E-state index contributed by atoms with van der Waals surface area (Å²) >= 11 is 0. The van der Waals surface area contributed by atoms with Gasteiger partial charge in [-0.1, -0.05) is 12.2 Å². The number of fused-ring (bicyclic) bond motifs is 5. The molecular weight excluding hydrogens is 412 g/mol. The number of rotatable bonds is 8. The fraction of sp³-hybridized carbons (Fsp3) is 0.522. The van der Waals surface area contributed by atoms with Gasteiger partial charge >= 0.3 is 0 Å². The fourth-order valence-corrected chi connectivity index (χ4v) is 5.11. The normalized spacial score (nSPS) is 25.9. The molecule has 2 fully saturated rings. The van der Waals surface area contributed by atoms with Gasteiger partial charge in [-0.3, -0.25) is 19.5 Å². The van der Waals surface area contributed by atoms with Crippen molar-refractivity contribution in [2.24, 2.45) is 28.7 Å². The first kappa shape index (κ1) is 22.0. The number of hydrogen-bond acceptors (Lipinski definition) is 6. The van der Waals surface area contributed by atoms with E-state index in [1.54, 1.807) is 28.4 Å². The minimum Gasteiger partial charge on any atom is -0.493 e. The summed E-state index contributed by atoms with van der Waals surface area (Å²) in [5.41, 5.74) is 0.920. The molecule has 0 aromatic heterocycles. The van der Waals surface area contributed by atoms with Crippen molar-refractivity contribution < 1.29 is 23.8 Å². The second-order valence-corrected chi connectivity index (χ2v) is 8.21. The summed E-state index contributed by atoms with van der Waals surface area (Å²) in [6, 6.07) is 3.73. The number of aliphatic imine (C=N–C) groups is 1. The number of carbonyl (C=O) groups is 2. The molecule has 1 heterocycles. The lowest BCUT2D eigenvalue weighted by atomic mass is 9.85. The number of methoxy groups -OCH3 is 3. The van der Waals surface area contributed by atoms with E-state index in [4.69, 9.17) is 14.2 Å². The number of nitrogens with one attached hydrogen (secondary N) is 2. The maximum Gasteiger partial charge on any atom is 0.233 e. The Kier molecular flexibility index (Phi) is 6.25. The molecule has 1 saturated heterocycles. The zero-order valence-corrected chi connectivity index (χ0v) is 18.9. The molecule has 1 saturated carbocycles. The van der Waals surface area contributed by atoms with Gasteiger partial charge in [0.05, 0.1) is 33.2 Å². The topological polar surface area (TPSA) is 101 Å². The first-order chi connectivity index (χ1) is 15.5. The molecule has 2 amide bonds. The van der Waals surface area contributed by atoms with Crippen LogP contribution in [0.15, 0.2) is 29.3 Å². The highest BCUT2D eigenvalue weighted by molar-refractivity contribution is 6.06. The Morgan fingerprint density at radius 3 is 2.09 bits per heavy atom. The van der Waals surface area contributed by atoms with E-state index in [2.05, 4.69) is 27.8 Å². The van der Waals surface area contributed by atoms with Crippen molar-refractivity contribution in [1.82, 2.24) is 15.5 Å². The molecule has 0 radical (unpaired) electrons. The van der Waals surface area contributed by atoms with E-state index in [9.17, 15) is 9.59 Å². The van der Waals surface area contributed by atoms with Crippen LogP contribution in [0.5, 0.6) is 17.2 Å². The second-order valence-electron chi connectivity index (χ2n) is 8.21. The molecule has 9 nitrogen and oxygen atoms in total. The maximum absolute atomic E-state index is 12.8. The van der Waals surface area contributed by atoms with Crippen molar-refractivity contribution in [3.63, 3.8) is 0 Å². The van der Waals surface area contributed by atoms with Crippen molar-refractivity contribution in [2.45, 2.75) is 13.0 Å². The molecule has 172 valence electrons. The van der Waals surface area contributed by atoms with E-state index in [0.29, 0.717) is 42.8 Å². The monoisotopic (exact) mass is 442 g/mol. The van der Waals surface area contributed by atoms with Crippen molar-refractivity contribution in [2.75, 3.05) is 41.5 Å². The van der Waals surface area contributed by atoms with Gasteiger partial charge in [-0.05, 0) is 36.0 Å². The molecular formula is C23H30N4O5. The molecule has 32 heavy (non-hydrogen) atoms. The highest BCUT2D eigenvalue weighted by Gasteiger charge is 2.58. The Bertz CT molecular complexity index is 905. The molecule has 1 aromatic rings. The average molecular weight is 443 g/mol. The third-order valence-electron chi connectivity index (χ3n) is 6.60. The Balaban J connectivity index is 1.31. The predicted molar refractivity (Wildman–Crippen MR) is 119 cm³/mol. The standard InChI is InChI=1S/C23H30N4O5/c1-24-23(26-12-13-9-16(30-2)20(32-4)17(10-13)31-3)25-7-8-27-21(28)18-14-5-6-15(11-14)19(18)22(27)29/h5-6,9-10,14-15,18-19H,7-8,11-12H2,1-4H3,(H2,24,25,26). The molecule has 2 N–H and O–H groups in total. The van der Waals surface area contributed by atoms with Crippen LogP contribution in [0.2, 0.25) is 0 Å². The second kappa shape index (κ2) is 9.10. The van der Waals surface area contributed by atoms with Gasteiger partial charge in [0.15, 0.2) is 17.5 Å². The molecule has 9 heteroatoms. The molecule has 2 aliphatic carbocycles. The van der Waals surface area contributed by atoms with Gasteiger partial charge in [-0.15, -0.1) is 0 Å². The van der Waals surface area contributed by atoms with E-state index in [1.165, 1.54) is 4.90 Å². The van der Waals surface area contributed by atoms with Crippen molar-refractivity contribution >= 4 is 17.8 Å². The first-order valence-electron chi connectivity index (χ1n) is 10.8. The van der Waals surface area contributed by atoms with Crippen LogP contribution < -0.4 is 24.8 Å². The van der Waals surface area contributed by atoms with Gasteiger partial charge in [0.1, 0.15) is 0 Å². The van der Waals surface area contributed by atoms with Crippen molar-refractivity contribution in [3.05, 3.63) is 29.8 Å². The fourth-order valence-electron chi connectivity index (χ4n) is 5.11. The highest BCUT2D eigenvalue weighted by atomic mass is 16.5. The quantitative estimate of drug-likeness (QED) is 0.270. The molecule has 3 aliphatic rings. The van der Waals surface area contributed by atoms with Crippen LogP contribution >= 0.6 is 0 Å². The van der Waals surface area contributed by atoms with Crippen LogP contribution in [-0.2, 0) is 16.1 Å². The number of guanidine groups is 1. The Hall–Kier alpha value is -3.23. The number of amides is 2. The van der Waals surface area contributed by atoms with Gasteiger partial charge < -0.3 is 24.8 Å². The third-order valence-corrected chi connectivity index (χ3v) is 6.60. The number of benzene rings is 1. The Labute approximate surface area is 187 Å². The maximum atomic E-state index is 12.8. The molecule has 4 rings (SSSR count). The van der Waals surface area contributed by atoms with Crippen LogP contribution in [0.3, 0.4) is 0 Å². The summed E-state index contributed by atoms with van der Waals surface area (Å²) in [7, 11) is 6.38. The van der Waals surface area contributed by atoms with Crippen LogP contribution in [0.4, 0.5) is 0 Å². The zero-order chi connectivity index (χ0) is 22.8. The van der Waals surface area contributed by atoms with Gasteiger partial charge in [-0.2, -0.15) is 0 Å². The third kappa shape index (κ3) is 3.76. The lowest BCUT2D eigenvalue weighted by Gasteiger charge is -2.19. The molecule has 1 aliphatic heterocycles. The minimum absolute atomic E-state index is 0.0287. The lowest BCUT2D eigenvalue weighted by Crippen LogP contribution is -2.43. The SMILES string of the molecule is CN=C(NCCN1C(=O)C2C3C=CC(C3)C2C1=O)NCc1cc(OC)c(OC)c(OC)c1. The molecule has 2 bridgehead atoms. The van der Waals surface area contributed by atoms with Crippen molar-refractivity contribution in [3.8, 4) is 17.2 Å². The summed E-state index contributed by atoms with van der Waals surface area (Å²) in [5.74, 6) is 2.34. The van der Waals surface area contributed by atoms with Gasteiger partial charge in [-0.25, -0.2) is 0 Å². The Morgan fingerprint density at radius 2 is 1.59 bits per heavy atom. The number of hydrogen-bond donors (Lipinski definition) is 2. The minimum atomic E-state index is -0.157. The van der Waals surface area contributed by atoms with Crippen LogP contribution in [0.1, 0.15) is 12.0 Å². The molecule has 4 atom stereocenters. The number of imide groups is 1.